The zero-order valence-corrected chi connectivity index (χ0v) is 20.0. The van der Waals surface area contributed by atoms with Gasteiger partial charge in [-0.3, -0.25) is 4.55 Å². The molecule has 1 N–H and O–H groups in total. The topological polar surface area (TPSA) is 89.9 Å². The van der Waals surface area contributed by atoms with Crippen molar-refractivity contribution < 1.29 is 26.7 Å². The van der Waals surface area contributed by atoms with Crippen LogP contribution in [0.15, 0.2) is 24.3 Å². The van der Waals surface area contributed by atoms with Gasteiger partial charge in [-0.1, -0.05) is 103 Å². The van der Waals surface area contributed by atoms with E-state index in [4.69, 9.17) is 9.29 Å². The van der Waals surface area contributed by atoms with Crippen LogP contribution >= 0.6 is 0 Å². The van der Waals surface area contributed by atoms with Gasteiger partial charge in [0.1, 0.15) is 5.75 Å². The highest BCUT2D eigenvalue weighted by Crippen LogP contribution is 2.23. The van der Waals surface area contributed by atoms with Gasteiger partial charge < -0.3 is 4.74 Å². The Hall–Kier alpha value is -1.44. The van der Waals surface area contributed by atoms with Crippen molar-refractivity contribution in [3.63, 3.8) is 0 Å². The summed E-state index contributed by atoms with van der Waals surface area (Å²) in [5.74, 6) is -0.384. The number of carbonyl (C=O) groups excluding carboxylic acids is 1. The van der Waals surface area contributed by atoms with E-state index in [1.807, 2.05) is 19.1 Å². The molecule has 0 saturated heterocycles. The Labute approximate surface area is 188 Å². The second-order valence-electron chi connectivity index (χ2n) is 8.12. The monoisotopic (exact) mass is 456 g/mol. The SMILES string of the molecule is CCCCCCCCCCCCc1ccccc1OC(=O)C(CCCC)OS(=O)(=O)O. The Balaban J connectivity index is 2.46. The minimum Gasteiger partial charge on any atom is -0.424 e. The molecule has 1 unspecified atom stereocenters. The molecule has 0 heterocycles. The molecule has 7 heteroatoms. The molecule has 178 valence electrons. The third kappa shape index (κ3) is 13.6. The number of benzene rings is 1. The molecule has 0 radical (unpaired) electrons. The molecular weight excluding hydrogens is 416 g/mol. The van der Waals surface area contributed by atoms with Gasteiger partial charge in [-0.15, -0.1) is 0 Å². The van der Waals surface area contributed by atoms with Gasteiger partial charge in [0, 0.05) is 0 Å². The number of ether oxygens (including phenoxy) is 1. The molecule has 0 fully saturated rings. The summed E-state index contributed by atoms with van der Waals surface area (Å²) in [4.78, 5) is 12.5. The highest BCUT2D eigenvalue weighted by Gasteiger charge is 2.27. The first-order chi connectivity index (χ1) is 14.9. The van der Waals surface area contributed by atoms with Crippen molar-refractivity contribution in [3.8, 4) is 5.75 Å². The van der Waals surface area contributed by atoms with Crippen molar-refractivity contribution in [2.24, 2.45) is 0 Å². The summed E-state index contributed by atoms with van der Waals surface area (Å²) in [6.45, 7) is 4.15. The van der Waals surface area contributed by atoms with E-state index in [-0.39, 0.29) is 6.42 Å². The number of rotatable bonds is 18. The van der Waals surface area contributed by atoms with Crippen LogP contribution in [0.5, 0.6) is 5.75 Å². The van der Waals surface area contributed by atoms with Crippen LogP contribution in [0.1, 0.15) is 103 Å². The summed E-state index contributed by atoms with van der Waals surface area (Å²) in [6.07, 6.45) is 13.5. The number of unbranched alkanes of at least 4 members (excludes halogenated alkanes) is 10. The highest BCUT2D eigenvalue weighted by molar-refractivity contribution is 7.80. The van der Waals surface area contributed by atoms with Crippen LogP contribution < -0.4 is 4.74 Å². The van der Waals surface area contributed by atoms with E-state index in [2.05, 4.69) is 11.1 Å². The number of hydrogen-bond donors (Lipinski definition) is 1. The molecule has 1 aromatic rings. The molecular formula is C24H40O6S. The summed E-state index contributed by atoms with van der Waals surface area (Å²) in [5, 5.41) is 0. The number of carbonyl (C=O) groups is 1. The van der Waals surface area contributed by atoms with E-state index in [0.717, 1.165) is 31.2 Å². The summed E-state index contributed by atoms with van der Waals surface area (Å²) < 4.78 is 41.1. The highest BCUT2D eigenvalue weighted by atomic mass is 32.3. The fourth-order valence-electron chi connectivity index (χ4n) is 3.53. The van der Waals surface area contributed by atoms with E-state index in [0.29, 0.717) is 12.2 Å². The molecule has 0 aliphatic carbocycles. The van der Waals surface area contributed by atoms with E-state index >= 15 is 0 Å². The Morgan fingerprint density at radius 1 is 0.871 bits per heavy atom. The normalized spacial score (nSPS) is 12.6. The Morgan fingerprint density at radius 2 is 1.42 bits per heavy atom. The Morgan fingerprint density at radius 3 is 2.00 bits per heavy atom. The van der Waals surface area contributed by atoms with Crippen LogP contribution in [0.3, 0.4) is 0 Å². The van der Waals surface area contributed by atoms with Crippen molar-refractivity contribution in [2.45, 2.75) is 110 Å². The first-order valence-electron chi connectivity index (χ1n) is 11.8. The maximum absolute atomic E-state index is 12.5. The summed E-state index contributed by atoms with van der Waals surface area (Å²) >= 11 is 0. The lowest BCUT2D eigenvalue weighted by Gasteiger charge is -2.16. The average Bonchev–Trinajstić information content (AvgIpc) is 2.72. The predicted molar refractivity (Wildman–Crippen MR) is 124 cm³/mol. The van der Waals surface area contributed by atoms with Crippen molar-refractivity contribution in [2.75, 3.05) is 0 Å². The van der Waals surface area contributed by atoms with Crippen LogP contribution in [0.25, 0.3) is 0 Å². The number of aryl methyl sites for hydroxylation is 1. The second kappa shape index (κ2) is 16.2. The van der Waals surface area contributed by atoms with Crippen molar-refractivity contribution >= 4 is 16.4 Å². The van der Waals surface area contributed by atoms with Gasteiger partial charge in [0.25, 0.3) is 0 Å². The molecule has 1 aromatic carbocycles. The second-order valence-corrected chi connectivity index (χ2v) is 9.16. The first-order valence-corrected chi connectivity index (χ1v) is 13.2. The van der Waals surface area contributed by atoms with Gasteiger partial charge >= 0.3 is 16.4 Å². The smallest absolute Gasteiger partial charge is 0.398 e. The van der Waals surface area contributed by atoms with E-state index in [1.165, 1.54) is 51.4 Å². The average molecular weight is 457 g/mol. The fourth-order valence-corrected chi connectivity index (χ4v) is 4.00. The zero-order chi connectivity index (χ0) is 23.0. The molecule has 0 aromatic heterocycles. The van der Waals surface area contributed by atoms with Crippen LogP contribution in [0.2, 0.25) is 0 Å². The summed E-state index contributed by atoms with van der Waals surface area (Å²) in [5.41, 5.74) is 0.913. The molecule has 6 nitrogen and oxygen atoms in total. The molecule has 31 heavy (non-hydrogen) atoms. The van der Waals surface area contributed by atoms with Crippen LogP contribution in [0.4, 0.5) is 0 Å². The minimum atomic E-state index is -4.73. The maximum atomic E-state index is 12.5. The molecule has 0 saturated carbocycles. The number of hydrogen-bond acceptors (Lipinski definition) is 5. The molecule has 0 spiro atoms. The fraction of sp³-hybridized carbons (Fsp3) is 0.708. The standard InChI is InChI=1S/C24H40O6S/c1-3-5-7-8-9-10-11-12-13-14-17-21-18-15-16-20-22(21)29-24(25)23(19-6-4-2)30-31(26,27)28/h15-16,18,20,23H,3-14,17,19H2,1-2H3,(H,26,27,28). The van der Waals surface area contributed by atoms with Crippen LogP contribution in [0, 0.1) is 0 Å². The molecule has 0 bridgehead atoms. The Kier molecular flexibility index (Phi) is 14.4. The largest absolute Gasteiger partial charge is 0.424 e. The van der Waals surface area contributed by atoms with Gasteiger partial charge in [0.2, 0.25) is 0 Å². The molecule has 1 rings (SSSR count). The lowest BCUT2D eigenvalue weighted by molar-refractivity contribution is -0.142. The zero-order valence-electron chi connectivity index (χ0n) is 19.2. The minimum absolute atomic E-state index is 0.162. The van der Waals surface area contributed by atoms with Gasteiger partial charge in [-0.25, -0.2) is 8.98 Å². The molecule has 0 aliphatic heterocycles. The van der Waals surface area contributed by atoms with Crippen LogP contribution in [-0.2, 0) is 25.8 Å². The third-order valence-electron chi connectivity index (χ3n) is 5.30. The van der Waals surface area contributed by atoms with Gasteiger partial charge in [0.05, 0.1) is 0 Å². The Bertz CT molecular complexity index is 717. The van der Waals surface area contributed by atoms with E-state index in [9.17, 15) is 13.2 Å². The van der Waals surface area contributed by atoms with Crippen molar-refractivity contribution in [1.82, 2.24) is 0 Å². The van der Waals surface area contributed by atoms with Gasteiger partial charge in [-0.05, 0) is 30.9 Å². The van der Waals surface area contributed by atoms with Gasteiger partial charge in [0.15, 0.2) is 6.10 Å². The maximum Gasteiger partial charge on any atom is 0.398 e. The lowest BCUT2D eigenvalue weighted by Crippen LogP contribution is -2.31. The van der Waals surface area contributed by atoms with Crippen molar-refractivity contribution in [3.05, 3.63) is 29.8 Å². The number of para-hydroxylation sites is 1. The predicted octanol–water partition coefficient (Wildman–Crippen LogP) is 6.43. The quantitative estimate of drug-likeness (QED) is 0.118. The number of esters is 1. The summed E-state index contributed by atoms with van der Waals surface area (Å²) in [6, 6.07) is 7.29. The molecule has 0 amide bonds. The summed E-state index contributed by atoms with van der Waals surface area (Å²) in [7, 11) is -4.73. The van der Waals surface area contributed by atoms with Crippen LogP contribution in [-0.4, -0.2) is 25.0 Å². The first kappa shape index (κ1) is 27.6. The van der Waals surface area contributed by atoms with Gasteiger partial charge in [-0.2, -0.15) is 8.42 Å². The van der Waals surface area contributed by atoms with Crippen molar-refractivity contribution in [1.29, 1.82) is 0 Å². The lowest BCUT2D eigenvalue weighted by atomic mass is 10.0. The van der Waals surface area contributed by atoms with E-state index in [1.54, 1.807) is 12.1 Å². The van der Waals surface area contributed by atoms with E-state index < -0.39 is 22.5 Å². The molecule has 1 atom stereocenters. The molecule has 0 aliphatic rings. The third-order valence-corrected chi connectivity index (χ3v) is 5.78.